The fourth-order valence-electron chi connectivity index (χ4n) is 8.42. The molecule has 0 bridgehead atoms. The highest BCUT2D eigenvalue weighted by Gasteiger charge is 2.76. The zero-order chi connectivity index (χ0) is 33.8. The van der Waals surface area contributed by atoms with Crippen LogP contribution in [0, 0.1) is 11.8 Å². The molecule has 5 heterocycles. The van der Waals surface area contributed by atoms with E-state index in [9.17, 15) is 9.90 Å². The van der Waals surface area contributed by atoms with Crippen LogP contribution in [0.1, 0.15) is 30.5 Å². The maximum Gasteiger partial charge on any atom is 0.250 e. The number of fused-ring (bicyclic) bond motifs is 3. The fourth-order valence-corrected chi connectivity index (χ4v) is 8.42. The van der Waals surface area contributed by atoms with Crippen molar-refractivity contribution in [1.82, 2.24) is 29.7 Å². The Morgan fingerprint density at radius 2 is 1.53 bits per heavy atom. The molecule has 11 heteroatoms. The summed E-state index contributed by atoms with van der Waals surface area (Å²) in [5.41, 5.74) is 0.551. The topological polar surface area (TPSA) is 121 Å². The number of hydrogen-bond acceptors (Lipinski definition) is 7. The molecule has 3 aromatic carbocycles. The number of likely N-dealkylation sites (tertiary alicyclic amines) is 1. The van der Waals surface area contributed by atoms with Crippen molar-refractivity contribution in [1.29, 1.82) is 0 Å². The second-order valence-corrected chi connectivity index (χ2v) is 13.3. The van der Waals surface area contributed by atoms with Crippen LogP contribution in [-0.4, -0.2) is 89.5 Å². The van der Waals surface area contributed by atoms with E-state index in [1.165, 1.54) is 4.90 Å². The van der Waals surface area contributed by atoms with Gasteiger partial charge in [0, 0.05) is 19.6 Å². The number of amides is 3. The number of carbonyl (C=O) groups is 3. The van der Waals surface area contributed by atoms with Gasteiger partial charge in [0.2, 0.25) is 11.8 Å². The van der Waals surface area contributed by atoms with E-state index in [4.69, 9.17) is 4.74 Å². The molecule has 0 radical (unpaired) electrons. The van der Waals surface area contributed by atoms with E-state index in [1.807, 2.05) is 116 Å². The zero-order valence-corrected chi connectivity index (χ0v) is 27.2. The Morgan fingerprint density at radius 3 is 2.29 bits per heavy atom. The van der Waals surface area contributed by atoms with Crippen LogP contribution < -0.4 is 0 Å². The summed E-state index contributed by atoms with van der Waals surface area (Å²) in [6.45, 7) is 2.60. The summed E-state index contributed by atoms with van der Waals surface area (Å²) in [4.78, 5) is 49.8. The van der Waals surface area contributed by atoms with Crippen LogP contribution >= 0.6 is 0 Å². The first kappa shape index (κ1) is 31.2. The summed E-state index contributed by atoms with van der Waals surface area (Å²) in [5.74, 6) is -2.82. The highest BCUT2D eigenvalue weighted by Crippen LogP contribution is 2.59. The number of hydrogen-bond donors (Lipinski definition) is 1. The van der Waals surface area contributed by atoms with E-state index in [0.717, 1.165) is 11.1 Å². The predicted octanol–water partition coefficient (Wildman–Crippen LogP) is 3.48. The minimum absolute atomic E-state index is 0.0874. The van der Waals surface area contributed by atoms with Gasteiger partial charge in [-0.25, -0.2) is 4.68 Å². The number of rotatable bonds is 8. The van der Waals surface area contributed by atoms with E-state index in [-0.39, 0.29) is 30.9 Å². The lowest BCUT2D eigenvalue weighted by Gasteiger charge is -2.40. The number of aliphatic hydroxyl groups is 1. The van der Waals surface area contributed by atoms with Gasteiger partial charge in [-0.3, -0.25) is 14.4 Å². The summed E-state index contributed by atoms with van der Waals surface area (Å²) in [5, 5.41) is 19.5. The number of aliphatic hydroxyl groups excluding tert-OH is 1. The Kier molecular flexibility index (Phi) is 7.68. The Morgan fingerprint density at radius 1 is 0.837 bits per heavy atom. The van der Waals surface area contributed by atoms with E-state index < -0.39 is 41.7 Å². The first-order valence-electron chi connectivity index (χ1n) is 16.8. The third-order valence-corrected chi connectivity index (χ3v) is 10.7. The van der Waals surface area contributed by atoms with Gasteiger partial charge in [0.15, 0.2) is 0 Å². The van der Waals surface area contributed by atoms with Crippen LogP contribution in [-0.2, 0) is 32.3 Å². The minimum atomic E-state index is -1.47. The van der Waals surface area contributed by atoms with Crippen LogP contribution in [0.3, 0.4) is 0 Å². The average Bonchev–Trinajstić information content (AvgIpc) is 3.68. The van der Waals surface area contributed by atoms with Gasteiger partial charge in [-0.15, -0.1) is 5.10 Å². The molecule has 8 rings (SSSR count). The lowest BCUT2D eigenvalue weighted by Crippen LogP contribution is -2.57. The minimum Gasteiger partial charge on any atom is -0.394 e. The highest BCUT2D eigenvalue weighted by atomic mass is 16.5. The molecule has 11 nitrogen and oxygen atoms in total. The predicted molar refractivity (Wildman–Crippen MR) is 180 cm³/mol. The second-order valence-electron chi connectivity index (χ2n) is 13.3. The van der Waals surface area contributed by atoms with Gasteiger partial charge in [-0.1, -0.05) is 109 Å². The molecule has 1 N–H and O–H groups in total. The SMILES string of the molecule is CC[C@]12C=CCN(Cc3ccccc3)C(=O)[C@H]1[C@H]1C(=O)N([C@H](CO)c3ccccc3)C3C(=O)N(Cn4nnc5ccccc54)CC=C[C@@]31O2. The third-order valence-electron chi connectivity index (χ3n) is 10.7. The Hall–Kier alpha value is -5.13. The van der Waals surface area contributed by atoms with Gasteiger partial charge in [0.25, 0.3) is 5.91 Å². The molecule has 3 amide bonds. The van der Waals surface area contributed by atoms with Crippen LogP contribution in [0.25, 0.3) is 11.0 Å². The lowest BCUT2D eigenvalue weighted by atomic mass is 9.73. The van der Waals surface area contributed by atoms with Gasteiger partial charge < -0.3 is 24.5 Å². The van der Waals surface area contributed by atoms with Crippen molar-refractivity contribution in [2.75, 3.05) is 19.7 Å². The van der Waals surface area contributed by atoms with Crippen molar-refractivity contribution in [2.24, 2.45) is 11.8 Å². The summed E-state index contributed by atoms with van der Waals surface area (Å²) in [7, 11) is 0. The molecule has 250 valence electrons. The molecule has 4 aromatic rings. The molecule has 49 heavy (non-hydrogen) atoms. The average molecular weight is 659 g/mol. The third kappa shape index (κ3) is 4.82. The van der Waals surface area contributed by atoms with Gasteiger partial charge in [-0.05, 0) is 29.7 Å². The number of ether oxygens (including phenoxy) is 1. The summed E-state index contributed by atoms with van der Waals surface area (Å²) in [6.07, 6.45) is 8.01. The Bertz CT molecular complexity index is 1960. The van der Waals surface area contributed by atoms with Gasteiger partial charge in [-0.2, -0.15) is 0 Å². The van der Waals surface area contributed by atoms with Crippen molar-refractivity contribution >= 4 is 28.8 Å². The normalized spacial score (nSPS) is 28.4. The molecule has 0 aliphatic carbocycles. The van der Waals surface area contributed by atoms with Gasteiger partial charge in [0.05, 0.1) is 35.6 Å². The van der Waals surface area contributed by atoms with Crippen molar-refractivity contribution < 1.29 is 24.2 Å². The Balaban J connectivity index is 1.25. The first-order chi connectivity index (χ1) is 23.9. The van der Waals surface area contributed by atoms with Crippen LogP contribution in [0.2, 0.25) is 0 Å². The smallest absolute Gasteiger partial charge is 0.250 e. The molecule has 1 unspecified atom stereocenters. The molecule has 2 fully saturated rings. The molecule has 1 aromatic heterocycles. The largest absolute Gasteiger partial charge is 0.394 e. The van der Waals surface area contributed by atoms with Crippen molar-refractivity contribution in [3.8, 4) is 0 Å². The summed E-state index contributed by atoms with van der Waals surface area (Å²) in [6, 6.07) is 24.5. The molecule has 0 saturated carbocycles. The number of para-hydroxylation sites is 1. The molecule has 2 saturated heterocycles. The van der Waals surface area contributed by atoms with Crippen molar-refractivity contribution in [3.05, 3.63) is 120 Å². The fraction of sp³-hybridized carbons (Fsp3) is 0.342. The van der Waals surface area contributed by atoms with E-state index in [0.29, 0.717) is 30.6 Å². The molecule has 4 aliphatic heterocycles. The quantitative estimate of drug-likeness (QED) is 0.288. The zero-order valence-electron chi connectivity index (χ0n) is 27.2. The number of carbonyl (C=O) groups excluding carboxylic acids is 3. The molecule has 1 spiro atoms. The number of benzene rings is 3. The highest BCUT2D eigenvalue weighted by molar-refractivity contribution is 6.00. The summed E-state index contributed by atoms with van der Waals surface area (Å²) < 4.78 is 8.82. The van der Waals surface area contributed by atoms with Crippen molar-refractivity contribution in [3.63, 3.8) is 0 Å². The number of aromatic nitrogens is 3. The standard InChI is InChI=1S/C38H38N6O5/c1-2-37-19-11-21-41(23-26-13-5-3-6-14-26)34(46)31(37)32-35(47)44(30(24-45)27-15-7-4-8-16-27)33-36(48)42(22-12-20-38(32,33)49-37)25-43-29-18-10-9-17-28(29)39-40-43/h3-20,30-33,45H,2,21-25H2,1H3/t30-,31-,32+,33?,37+,38+/m1/s1. The van der Waals surface area contributed by atoms with Crippen LogP contribution in [0.5, 0.6) is 0 Å². The Labute approximate surface area is 284 Å². The molecule has 4 aliphatic rings. The van der Waals surface area contributed by atoms with E-state index in [2.05, 4.69) is 10.3 Å². The maximum atomic E-state index is 15.1. The van der Waals surface area contributed by atoms with Gasteiger partial charge in [0.1, 0.15) is 23.8 Å². The van der Waals surface area contributed by atoms with E-state index in [1.54, 1.807) is 14.5 Å². The summed E-state index contributed by atoms with van der Waals surface area (Å²) >= 11 is 0. The lowest BCUT2D eigenvalue weighted by molar-refractivity contribution is -0.158. The first-order valence-corrected chi connectivity index (χ1v) is 16.8. The molecular formula is C38H38N6O5. The number of nitrogens with zero attached hydrogens (tertiary/aromatic N) is 6. The van der Waals surface area contributed by atoms with Gasteiger partial charge >= 0.3 is 0 Å². The van der Waals surface area contributed by atoms with E-state index >= 15 is 9.59 Å². The second kappa shape index (κ2) is 12.1. The maximum absolute atomic E-state index is 15.1. The molecule has 6 atom stereocenters. The molecular weight excluding hydrogens is 620 g/mol. The van der Waals surface area contributed by atoms with Crippen LogP contribution in [0.4, 0.5) is 0 Å². The monoisotopic (exact) mass is 658 g/mol. The van der Waals surface area contributed by atoms with Crippen LogP contribution in [0.15, 0.2) is 109 Å². The van der Waals surface area contributed by atoms with Crippen molar-refractivity contribution in [2.45, 2.75) is 49.8 Å².